The minimum atomic E-state index is -2.60. The van der Waals surface area contributed by atoms with Gasteiger partial charge in [-0.15, -0.1) is 0 Å². The summed E-state index contributed by atoms with van der Waals surface area (Å²) in [7, 11) is -2.60. The van der Waals surface area contributed by atoms with Crippen LogP contribution in [-0.2, 0) is 4.79 Å². The summed E-state index contributed by atoms with van der Waals surface area (Å²) < 4.78 is 0. The predicted molar refractivity (Wildman–Crippen MR) is 165 cm³/mol. The molecule has 5 aromatic rings. The first-order chi connectivity index (χ1) is 19.6. The summed E-state index contributed by atoms with van der Waals surface area (Å²) in [6.45, 7) is 0. The van der Waals surface area contributed by atoms with E-state index in [1.54, 1.807) is 36.4 Å². The van der Waals surface area contributed by atoms with Gasteiger partial charge in [-0.2, -0.15) is 0 Å². The molecule has 0 saturated heterocycles. The van der Waals surface area contributed by atoms with Crippen molar-refractivity contribution in [3.8, 4) is 0 Å². The van der Waals surface area contributed by atoms with Gasteiger partial charge in [0.2, 0.25) is 0 Å². The Balaban J connectivity index is 0.00000387. The average Bonchev–Trinajstić information content (AvgIpc) is 3.02. The number of benzene rings is 4. The Kier molecular flexibility index (Phi) is 10.0. The number of rotatable bonds is 8. The van der Waals surface area contributed by atoms with Crippen LogP contribution in [0.2, 0.25) is 5.02 Å². The number of aromatic nitrogens is 1. The lowest BCUT2D eigenvalue weighted by Gasteiger charge is -2.25. The lowest BCUT2D eigenvalue weighted by molar-refractivity contribution is -0.113. The van der Waals surface area contributed by atoms with Crippen molar-refractivity contribution in [3.05, 3.63) is 162 Å². The molecular formula is C33H26Cl2N3O2P. The number of anilines is 1. The van der Waals surface area contributed by atoms with E-state index < -0.39 is 19.1 Å². The molecule has 0 radical (unpaired) electrons. The second-order valence-electron chi connectivity index (χ2n) is 8.91. The average molecular weight is 598 g/mol. The zero-order chi connectivity index (χ0) is 27.8. The summed E-state index contributed by atoms with van der Waals surface area (Å²) in [4.78, 5) is 31.5. The van der Waals surface area contributed by atoms with Crippen molar-refractivity contribution >= 4 is 52.4 Å². The Morgan fingerprint density at radius 1 is 0.659 bits per heavy atom. The van der Waals surface area contributed by atoms with Gasteiger partial charge in [0, 0.05) is 11.8 Å². The van der Waals surface area contributed by atoms with Gasteiger partial charge < -0.3 is 23.0 Å². The highest BCUT2D eigenvalue weighted by molar-refractivity contribution is 7.98. The smallest absolute Gasteiger partial charge is 0.276 e. The third kappa shape index (κ3) is 6.90. The molecule has 0 bridgehead atoms. The zero-order valence-corrected chi connectivity index (χ0v) is 24.2. The number of amides is 2. The van der Waals surface area contributed by atoms with E-state index in [4.69, 9.17) is 11.6 Å². The first-order valence-corrected chi connectivity index (χ1v) is 14.9. The third-order valence-corrected chi connectivity index (χ3v) is 10.5. The van der Waals surface area contributed by atoms with Crippen LogP contribution in [-0.4, -0.2) is 16.8 Å². The van der Waals surface area contributed by atoms with Gasteiger partial charge in [-0.1, -0.05) is 84.4 Å². The highest BCUT2D eigenvalue weighted by atomic mass is 35.5. The molecule has 0 unspecified atom stereocenters. The van der Waals surface area contributed by atoms with Crippen molar-refractivity contribution in [2.24, 2.45) is 0 Å². The van der Waals surface area contributed by atoms with Crippen LogP contribution in [0.15, 0.2) is 151 Å². The van der Waals surface area contributed by atoms with E-state index >= 15 is 0 Å². The molecule has 4 aromatic carbocycles. The van der Waals surface area contributed by atoms with Gasteiger partial charge in [0.25, 0.3) is 11.8 Å². The second kappa shape index (κ2) is 13.9. The van der Waals surface area contributed by atoms with E-state index in [-0.39, 0.29) is 18.1 Å². The molecule has 0 fully saturated rings. The number of carbonyl (C=O) groups is 2. The first kappa shape index (κ1) is 29.7. The Bertz CT molecular complexity index is 1520. The summed E-state index contributed by atoms with van der Waals surface area (Å²) in [5.41, 5.74) is 0.560. The van der Waals surface area contributed by atoms with Crippen LogP contribution >= 0.6 is 18.9 Å². The molecule has 2 amide bonds. The van der Waals surface area contributed by atoms with Crippen LogP contribution in [0.4, 0.5) is 5.82 Å². The summed E-state index contributed by atoms with van der Waals surface area (Å²) in [5.74, 6) is 1.36. The molecule has 204 valence electrons. The number of carbonyl (C=O) groups excluding carboxylic acids is 2. The van der Waals surface area contributed by atoms with E-state index in [0.29, 0.717) is 16.4 Å². The van der Waals surface area contributed by atoms with Crippen molar-refractivity contribution in [2.45, 2.75) is 0 Å². The number of pyridine rings is 1. The number of halogens is 2. The number of hydrogen-bond donors (Lipinski definition) is 2. The van der Waals surface area contributed by atoms with Crippen molar-refractivity contribution in [1.29, 1.82) is 0 Å². The molecule has 8 heteroatoms. The van der Waals surface area contributed by atoms with Gasteiger partial charge >= 0.3 is 0 Å². The molecule has 0 aliphatic heterocycles. The fourth-order valence-corrected chi connectivity index (χ4v) is 8.37. The zero-order valence-electron chi connectivity index (χ0n) is 21.8. The third-order valence-electron chi connectivity index (χ3n) is 6.31. The lowest BCUT2D eigenvalue weighted by Crippen LogP contribution is -3.00. The maximum Gasteiger partial charge on any atom is 0.276 e. The standard InChI is InChI=1S/C33H25ClN3O2P.ClH/c34-26-21-22-31(35-23-26)37-33(39)30(36-32(38)25-13-5-1-6-14-25)24-40(27-15-7-2-8-16-27,28-17-9-3-10-18-28)29-19-11-4-12-20-29;/h1-24H,(H-,35,36,37,38,39);1H. The molecule has 0 saturated carbocycles. The van der Waals surface area contributed by atoms with E-state index in [2.05, 4.69) is 52.0 Å². The summed E-state index contributed by atoms with van der Waals surface area (Å²) in [5, 5.41) is 9.31. The Morgan fingerprint density at radius 3 is 1.56 bits per heavy atom. The fourth-order valence-electron chi connectivity index (χ4n) is 4.42. The van der Waals surface area contributed by atoms with Crippen molar-refractivity contribution in [1.82, 2.24) is 10.3 Å². The van der Waals surface area contributed by atoms with Crippen LogP contribution in [0.1, 0.15) is 10.4 Å². The highest BCUT2D eigenvalue weighted by Crippen LogP contribution is 2.57. The minimum Gasteiger partial charge on any atom is -1.00 e. The molecule has 0 atom stereocenters. The molecule has 1 aromatic heterocycles. The number of nitrogens with zero attached hydrogens (tertiary/aromatic N) is 1. The maximum absolute atomic E-state index is 13.9. The maximum atomic E-state index is 13.9. The van der Waals surface area contributed by atoms with Crippen LogP contribution < -0.4 is 39.0 Å². The topological polar surface area (TPSA) is 71.1 Å². The first-order valence-electron chi connectivity index (χ1n) is 12.6. The predicted octanol–water partition coefficient (Wildman–Crippen LogP) is 2.94. The van der Waals surface area contributed by atoms with Gasteiger partial charge in [-0.3, -0.25) is 9.59 Å². The van der Waals surface area contributed by atoms with E-state index in [9.17, 15) is 9.59 Å². The highest BCUT2D eigenvalue weighted by Gasteiger charge is 2.45. The van der Waals surface area contributed by atoms with E-state index in [0.717, 1.165) is 15.9 Å². The van der Waals surface area contributed by atoms with Crippen LogP contribution in [0.25, 0.3) is 0 Å². The number of hydrogen-bond acceptors (Lipinski definition) is 3. The van der Waals surface area contributed by atoms with E-state index in [1.165, 1.54) is 6.20 Å². The number of nitrogens with one attached hydrogen (secondary N) is 2. The normalized spacial score (nSPS) is 11.2. The summed E-state index contributed by atoms with van der Waals surface area (Å²) >= 11 is 6.00. The molecule has 5 rings (SSSR count). The largest absolute Gasteiger partial charge is 1.00 e. The monoisotopic (exact) mass is 597 g/mol. The van der Waals surface area contributed by atoms with Gasteiger partial charge in [0.15, 0.2) is 0 Å². The molecule has 5 nitrogen and oxygen atoms in total. The van der Waals surface area contributed by atoms with Crippen molar-refractivity contribution < 1.29 is 22.0 Å². The molecule has 1 heterocycles. The minimum absolute atomic E-state index is 0. The summed E-state index contributed by atoms with van der Waals surface area (Å²) in [6, 6.07) is 42.3. The van der Waals surface area contributed by atoms with Crippen LogP contribution in [0.5, 0.6) is 0 Å². The molecule has 0 aliphatic carbocycles. The second-order valence-corrected chi connectivity index (χ2v) is 12.6. The quantitative estimate of drug-likeness (QED) is 0.213. The molecular weight excluding hydrogens is 572 g/mol. The van der Waals surface area contributed by atoms with Crippen molar-refractivity contribution in [3.63, 3.8) is 0 Å². The van der Waals surface area contributed by atoms with Gasteiger partial charge in [-0.25, -0.2) is 4.98 Å². The Morgan fingerprint density at radius 2 is 1.12 bits per heavy atom. The Hall–Kier alpha value is -4.28. The molecule has 2 N–H and O–H groups in total. The van der Waals surface area contributed by atoms with Crippen LogP contribution in [0, 0.1) is 0 Å². The SMILES string of the molecule is O=C(Nc1ccc(Cl)cn1)C(=C[P+](c1ccccc1)(c1ccccc1)c1ccccc1)NC(=O)c1ccccc1.[Cl-]. The fraction of sp³-hybridized carbons (Fsp3) is 0. The lowest BCUT2D eigenvalue weighted by atomic mass is 10.2. The van der Waals surface area contributed by atoms with Crippen LogP contribution in [0.3, 0.4) is 0 Å². The molecule has 0 spiro atoms. The van der Waals surface area contributed by atoms with Gasteiger partial charge in [0.1, 0.15) is 40.5 Å². The summed E-state index contributed by atoms with van der Waals surface area (Å²) in [6.07, 6.45) is 1.46. The van der Waals surface area contributed by atoms with E-state index in [1.807, 2.05) is 66.5 Å². The van der Waals surface area contributed by atoms with Gasteiger partial charge in [0.05, 0.1) is 5.02 Å². The van der Waals surface area contributed by atoms with Crippen molar-refractivity contribution in [2.75, 3.05) is 5.32 Å². The molecule has 41 heavy (non-hydrogen) atoms. The Labute approximate surface area is 251 Å². The molecule has 0 aliphatic rings. The van der Waals surface area contributed by atoms with Gasteiger partial charge in [-0.05, 0) is 60.7 Å².